The molecule has 1 amide bonds. The van der Waals surface area contributed by atoms with E-state index in [2.05, 4.69) is 10.0 Å². The molecule has 3 aromatic carbocycles. The van der Waals surface area contributed by atoms with Gasteiger partial charge in [0.05, 0.1) is 24.3 Å². The fourth-order valence-electron chi connectivity index (χ4n) is 3.17. The highest BCUT2D eigenvalue weighted by atomic mass is 35.5. The lowest BCUT2D eigenvalue weighted by Gasteiger charge is -2.20. The minimum atomic E-state index is -4.00. The van der Waals surface area contributed by atoms with Crippen molar-refractivity contribution in [3.63, 3.8) is 0 Å². The fourth-order valence-corrected chi connectivity index (χ4v) is 4.54. The number of nitrogens with one attached hydrogen (secondary N) is 2. The number of anilines is 1. The Kier molecular flexibility index (Phi) is 8.32. The standard InChI is InChI=1S/C24H25ClN2O5S/c1-3-32-19-10-12-20(13-11-19)33(29,30)27-22(15-17-7-5-4-6-8-17)24(28)26-21-16-18(25)9-14-23(21)31-2/h4-14,16,22,27H,3,15H2,1-2H3,(H,26,28)/t22-/m1/s1. The first-order chi connectivity index (χ1) is 15.8. The number of hydrogen-bond donors (Lipinski definition) is 2. The summed E-state index contributed by atoms with van der Waals surface area (Å²) < 4.78 is 39.3. The zero-order chi connectivity index (χ0) is 23.8. The number of benzene rings is 3. The van der Waals surface area contributed by atoms with Gasteiger partial charge in [-0.05, 0) is 61.4 Å². The first-order valence-electron chi connectivity index (χ1n) is 10.3. The molecule has 0 aliphatic carbocycles. The number of carbonyl (C=O) groups excluding carboxylic acids is 1. The summed E-state index contributed by atoms with van der Waals surface area (Å²) in [7, 11) is -2.53. The highest BCUT2D eigenvalue weighted by molar-refractivity contribution is 7.89. The van der Waals surface area contributed by atoms with Crippen molar-refractivity contribution in [3.8, 4) is 11.5 Å². The molecule has 0 aliphatic rings. The number of amides is 1. The van der Waals surface area contributed by atoms with Crippen LogP contribution in [-0.2, 0) is 21.2 Å². The summed E-state index contributed by atoms with van der Waals surface area (Å²) in [6, 6.07) is 18.9. The molecule has 0 radical (unpaired) electrons. The molecular weight excluding hydrogens is 464 g/mol. The van der Waals surface area contributed by atoms with E-state index in [1.54, 1.807) is 30.3 Å². The molecule has 0 saturated carbocycles. The normalized spacial score (nSPS) is 12.1. The molecule has 3 rings (SSSR count). The minimum Gasteiger partial charge on any atom is -0.495 e. The van der Waals surface area contributed by atoms with Crippen LogP contribution in [0.25, 0.3) is 0 Å². The molecule has 0 aliphatic heterocycles. The van der Waals surface area contributed by atoms with Gasteiger partial charge in [-0.25, -0.2) is 8.42 Å². The van der Waals surface area contributed by atoms with Crippen LogP contribution in [0.4, 0.5) is 5.69 Å². The first-order valence-corrected chi connectivity index (χ1v) is 12.1. The second-order valence-corrected chi connectivity index (χ2v) is 9.25. The summed E-state index contributed by atoms with van der Waals surface area (Å²) >= 11 is 6.06. The van der Waals surface area contributed by atoms with Crippen LogP contribution in [-0.4, -0.2) is 34.1 Å². The Morgan fingerprint density at radius 2 is 1.73 bits per heavy atom. The number of sulfonamides is 1. The molecule has 0 bridgehead atoms. The van der Waals surface area contributed by atoms with Crippen molar-refractivity contribution in [2.75, 3.05) is 19.0 Å². The van der Waals surface area contributed by atoms with Crippen LogP contribution in [0.15, 0.2) is 77.7 Å². The molecular formula is C24H25ClN2O5S. The van der Waals surface area contributed by atoms with Crippen molar-refractivity contribution >= 4 is 33.2 Å². The predicted molar refractivity (Wildman–Crippen MR) is 129 cm³/mol. The van der Waals surface area contributed by atoms with Gasteiger partial charge < -0.3 is 14.8 Å². The van der Waals surface area contributed by atoms with E-state index in [0.29, 0.717) is 28.8 Å². The molecule has 2 N–H and O–H groups in total. The van der Waals surface area contributed by atoms with Gasteiger partial charge in [0.2, 0.25) is 15.9 Å². The molecule has 0 spiro atoms. The molecule has 0 fully saturated rings. The smallest absolute Gasteiger partial charge is 0.243 e. The third-order valence-electron chi connectivity index (χ3n) is 4.76. The number of halogens is 1. The number of hydrogen-bond acceptors (Lipinski definition) is 5. The molecule has 0 saturated heterocycles. The third kappa shape index (κ3) is 6.71. The van der Waals surface area contributed by atoms with Crippen molar-refractivity contribution < 1.29 is 22.7 Å². The van der Waals surface area contributed by atoms with E-state index in [1.807, 2.05) is 37.3 Å². The molecule has 7 nitrogen and oxygen atoms in total. The van der Waals surface area contributed by atoms with Crippen molar-refractivity contribution in [3.05, 3.63) is 83.4 Å². The topological polar surface area (TPSA) is 93.7 Å². The lowest BCUT2D eigenvalue weighted by molar-refractivity contribution is -0.117. The number of carbonyl (C=O) groups is 1. The first kappa shape index (κ1) is 24.6. The lowest BCUT2D eigenvalue weighted by atomic mass is 10.1. The molecule has 3 aromatic rings. The molecule has 0 unspecified atom stereocenters. The zero-order valence-corrected chi connectivity index (χ0v) is 19.8. The fraction of sp³-hybridized carbons (Fsp3) is 0.208. The molecule has 9 heteroatoms. The maximum Gasteiger partial charge on any atom is 0.243 e. The number of methoxy groups -OCH3 is 1. The van der Waals surface area contributed by atoms with E-state index in [-0.39, 0.29) is 11.3 Å². The van der Waals surface area contributed by atoms with Crippen LogP contribution >= 0.6 is 11.6 Å². The van der Waals surface area contributed by atoms with Gasteiger partial charge in [-0.3, -0.25) is 4.79 Å². The minimum absolute atomic E-state index is 0.0251. The second kappa shape index (κ2) is 11.2. The van der Waals surface area contributed by atoms with Gasteiger partial charge in [-0.1, -0.05) is 41.9 Å². The highest BCUT2D eigenvalue weighted by Gasteiger charge is 2.27. The van der Waals surface area contributed by atoms with Gasteiger partial charge in [-0.2, -0.15) is 4.72 Å². The average Bonchev–Trinajstić information content (AvgIpc) is 2.80. The van der Waals surface area contributed by atoms with E-state index in [9.17, 15) is 13.2 Å². The van der Waals surface area contributed by atoms with Crippen molar-refractivity contribution in [2.45, 2.75) is 24.3 Å². The zero-order valence-electron chi connectivity index (χ0n) is 18.2. The summed E-state index contributed by atoms with van der Waals surface area (Å²) in [5.41, 5.74) is 1.14. The maximum atomic E-state index is 13.2. The van der Waals surface area contributed by atoms with E-state index < -0.39 is 22.0 Å². The Balaban J connectivity index is 1.87. The van der Waals surface area contributed by atoms with Crippen molar-refractivity contribution in [1.29, 1.82) is 0 Å². The van der Waals surface area contributed by atoms with E-state index >= 15 is 0 Å². The summed E-state index contributed by atoms with van der Waals surface area (Å²) in [6.45, 7) is 2.31. The van der Waals surface area contributed by atoms with Crippen LogP contribution in [0.2, 0.25) is 5.02 Å². The predicted octanol–water partition coefficient (Wildman–Crippen LogP) is 4.28. The quantitative estimate of drug-likeness (QED) is 0.444. The monoisotopic (exact) mass is 488 g/mol. The Morgan fingerprint density at radius 1 is 1.03 bits per heavy atom. The van der Waals surface area contributed by atoms with Gasteiger partial charge >= 0.3 is 0 Å². The van der Waals surface area contributed by atoms with Crippen LogP contribution in [0.5, 0.6) is 11.5 Å². The summed E-state index contributed by atoms with van der Waals surface area (Å²) in [5, 5.41) is 3.13. The second-order valence-electron chi connectivity index (χ2n) is 7.10. The Labute approximate surface area is 198 Å². The SMILES string of the molecule is CCOc1ccc(S(=O)(=O)N[C@H](Cc2ccccc2)C(=O)Nc2cc(Cl)ccc2OC)cc1. The van der Waals surface area contributed by atoms with Crippen LogP contribution < -0.4 is 19.5 Å². The Bertz CT molecular complexity index is 1190. The molecule has 33 heavy (non-hydrogen) atoms. The molecule has 1 atom stereocenters. The van der Waals surface area contributed by atoms with Gasteiger partial charge in [0.25, 0.3) is 0 Å². The van der Waals surface area contributed by atoms with Crippen molar-refractivity contribution in [2.24, 2.45) is 0 Å². The molecule has 0 aromatic heterocycles. The van der Waals surface area contributed by atoms with Crippen LogP contribution in [0.3, 0.4) is 0 Å². The lowest BCUT2D eigenvalue weighted by Crippen LogP contribution is -2.45. The van der Waals surface area contributed by atoms with Crippen LogP contribution in [0.1, 0.15) is 12.5 Å². The third-order valence-corrected chi connectivity index (χ3v) is 6.48. The summed E-state index contributed by atoms with van der Waals surface area (Å²) in [6.07, 6.45) is 0.145. The molecule has 174 valence electrons. The van der Waals surface area contributed by atoms with Gasteiger partial charge in [-0.15, -0.1) is 0 Å². The largest absolute Gasteiger partial charge is 0.495 e. The van der Waals surface area contributed by atoms with Gasteiger partial charge in [0, 0.05) is 5.02 Å². The summed E-state index contributed by atoms with van der Waals surface area (Å²) in [5.74, 6) is 0.414. The van der Waals surface area contributed by atoms with Crippen molar-refractivity contribution in [1.82, 2.24) is 4.72 Å². The number of ether oxygens (including phenoxy) is 2. The molecule has 0 heterocycles. The Morgan fingerprint density at radius 3 is 2.36 bits per heavy atom. The van der Waals surface area contributed by atoms with Gasteiger partial charge in [0.1, 0.15) is 17.5 Å². The highest BCUT2D eigenvalue weighted by Crippen LogP contribution is 2.28. The van der Waals surface area contributed by atoms with Crippen LogP contribution in [0, 0.1) is 0 Å². The van der Waals surface area contributed by atoms with Gasteiger partial charge in [0.15, 0.2) is 0 Å². The average molecular weight is 489 g/mol. The van der Waals surface area contributed by atoms with E-state index in [1.165, 1.54) is 19.2 Å². The number of rotatable bonds is 10. The Hall–Kier alpha value is -3.07. The maximum absolute atomic E-state index is 13.2. The van der Waals surface area contributed by atoms with E-state index in [0.717, 1.165) is 5.56 Å². The van der Waals surface area contributed by atoms with E-state index in [4.69, 9.17) is 21.1 Å². The summed E-state index contributed by atoms with van der Waals surface area (Å²) in [4.78, 5) is 13.2.